The van der Waals surface area contributed by atoms with Gasteiger partial charge in [0.15, 0.2) is 0 Å². The molecule has 2 heterocycles. The lowest BCUT2D eigenvalue weighted by molar-refractivity contribution is 0.0265. The summed E-state index contributed by atoms with van der Waals surface area (Å²) in [4.78, 5) is 18.2. The van der Waals surface area contributed by atoms with Gasteiger partial charge < -0.3 is 9.64 Å². The minimum absolute atomic E-state index is 0.0285. The standard InChI is InChI=1S/C12H15BrN2O2/c1-17-9-4-3-7-15(8-9)12(16)11-10(13)5-2-6-14-11/h2,5-6,9H,3-4,7-8H2,1H3. The smallest absolute Gasteiger partial charge is 0.273 e. The number of ether oxygens (including phenoxy) is 1. The van der Waals surface area contributed by atoms with Crippen LogP contribution in [0.2, 0.25) is 0 Å². The number of rotatable bonds is 2. The normalized spacial score (nSPS) is 20.4. The molecule has 17 heavy (non-hydrogen) atoms. The number of hydrogen-bond donors (Lipinski definition) is 0. The zero-order valence-corrected chi connectivity index (χ0v) is 11.3. The third-order valence-electron chi connectivity index (χ3n) is 2.96. The molecule has 1 aromatic heterocycles. The van der Waals surface area contributed by atoms with Crippen LogP contribution in [-0.2, 0) is 4.74 Å². The van der Waals surface area contributed by atoms with Crippen molar-refractivity contribution in [1.82, 2.24) is 9.88 Å². The molecule has 0 aliphatic carbocycles. The molecule has 2 rings (SSSR count). The maximum absolute atomic E-state index is 12.3. The van der Waals surface area contributed by atoms with Gasteiger partial charge in [0, 0.05) is 30.9 Å². The number of pyridine rings is 1. The molecule has 0 saturated carbocycles. The number of amides is 1. The molecule has 1 amide bonds. The van der Waals surface area contributed by atoms with Crippen molar-refractivity contribution in [2.24, 2.45) is 0 Å². The highest BCUT2D eigenvalue weighted by molar-refractivity contribution is 9.10. The second-order valence-corrected chi connectivity index (χ2v) is 4.94. The average Bonchev–Trinajstić information content (AvgIpc) is 2.38. The predicted octanol–water partition coefficient (Wildman–Crippen LogP) is 2.10. The van der Waals surface area contributed by atoms with Crippen LogP contribution in [0.15, 0.2) is 22.8 Å². The van der Waals surface area contributed by atoms with Crippen molar-refractivity contribution < 1.29 is 9.53 Å². The van der Waals surface area contributed by atoms with Gasteiger partial charge in [-0.15, -0.1) is 0 Å². The van der Waals surface area contributed by atoms with Crippen LogP contribution in [0.3, 0.4) is 0 Å². The van der Waals surface area contributed by atoms with E-state index in [1.54, 1.807) is 19.4 Å². The van der Waals surface area contributed by atoms with Crippen LogP contribution in [0.25, 0.3) is 0 Å². The highest BCUT2D eigenvalue weighted by Crippen LogP contribution is 2.19. The highest BCUT2D eigenvalue weighted by Gasteiger charge is 2.25. The summed E-state index contributed by atoms with van der Waals surface area (Å²) in [7, 11) is 1.69. The zero-order chi connectivity index (χ0) is 12.3. The Morgan fingerprint density at radius 3 is 3.18 bits per heavy atom. The van der Waals surface area contributed by atoms with Crippen LogP contribution in [0.1, 0.15) is 23.3 Å². The number of hydrogen-bond acceptors (Lipinski definition) is 3. The number of piperidine rings is 1. The van der Waals surface area contributed by atoms with Crippen molar-refractivity contribution >= 4 is 21.8 Å². The maximum atomic E-state index is 12.3. The van der Waals surface area contributed by atoms with E-state index in [-0.39, 0.29) is 12.0 Å². The molecular weight excluding hydrogens is 284 g/mol. The van der Waals surface area contributed by atoms with Crippen molar-refractivity contribution in [2.75, 3.05) is 20.2 Å². The number of aromatic nitrogens is 1. The topological polar surface area (TPSA) is 42.4 Å². The van der Waals surface area contributed by atoms with Crippen LogP contribution >= 0.6 is 15.9 Å². The molecule has 1 fully saturated rings. The Hall–Kier alpha value is -0.940. The molecule has 0 spiro atoms. The molecule has 1 aromatic rings. The van der Waals surface area contributed by atoms with Gasteiger partial charge in [0.05, 0.1) is 6.10 Å². The van der Waals surface area contributed by atoms with Gasteiger partial charge in [-0.25, -0.2) is 4.98 Å². The van der Waals surface area contributed by atoms with E-state index in [0.717, 1.165) is 23.9 Å². The minimum Gasteiger partial charge on any atom is -0.380 e. The lowest BCUT2D eigenvalue weighted by Gasteiger charge is -2.31. The van der Waals surface area contributed by atoms with Gasteiger partial charge in [-0.05, 0) is 40.9 Å². The van der Waals surface area contributed by atoms with E-state index in [2.05, 4.69) is 20.9 Å². The molecule has 0 aromatic carbocycles. The molecular formula is C12H15BrN2O2. The molecule has 0 radical (unpaired) electrons. The SMILES string of the molecule is COC1CCCN(C(=O)c2ncccc2Br)C1. The Morgan fingerprint density at radius 2 is 2.47 bits per heavy atom. The molecule has 0 bridgehead atoms. The number of halogens is 1. The molecule has 5 heteroatoms. The summed E-state index contributed by atoms with van der Waals surface area (Å²) >= 11 is 3.35. The van der Waals surface area contributed by atoms with Crippen LogP contribution in [-0.4, -0.2) is 42.1 Å². The zero-order valence-electron chi connectivity index (χ0n) is 9.73. The number of likely N-dealkylation sites (tertiary alicyclic amines) is 1. The van der Waals surface area contributed by atoms with E-state index in [1.165, 1.54) is 0 Å². The number of methoxy groups -OCH3 is 1. The van der Waals surface area contributed by atoms with E-state index >= 15 is 0 Å². The third kappa shape index (κ3) is 2.84. The van der Waals surface area contributed by atoms with E-state index < -0.39 is 0 Å². The Labute approximate surface area is 109 Å². The largest absolute Gasteiger partial charge is 0.380 e. The fourth-order valence-corrected chi connectivity index (χ4v) is 2.43. The van der Waals surface area contributed by atoms with Gasteiger partial charge in [-0.2, -0.15) is 0 Å². The average molecular weight is 299 g/mol. The van der Waals surface area contributed by atoms with E-state index in [9.17, 15) is 4.79 Å². The quantitative estimate of drug-likeness (QED) is 0.840. The molecule has 1 saturated heterocycles. The van der Waals surface area contributed by atoms with Crippen LogP contribution < -0.4 is 0 Å². The Bertz CT molecular complexity index is 411. The van der Waals surface area contributed by atoms with Crippen LogP contribution in [0.4, 0.5) is 0 Å². The first-order chi connectivity index (χ1) is 8.22. The summed E-state index contributed by atoms with van der Waals surface area (Å²) in [6, 6.07) is 3.63. The highest BCUT2D eigenvalue weighted by atomic mass is 79.9. The summed E-state index contributed by atoms with van der Waals surface area (Å²) in [5.41, 5.74) is 0.476. The van der Waals surface area contributed by atoms with E-state index in [1.807, 2.05) is 11.0 Å². The molecule has 1 aliphatic rings. The third-order valence-corrected chi connectivity index (χ3v) is 3.60. The van der Waals surface area contributed by atoms with Crippen molar-refractivity contribution in [1.29, 1.82) is 0 Å². The summed E-state index contributed by atoms with van der Waals surface area (Å²) in [5, 5.41) is 0. The number of nitrogens with zero attached hydrogens (tertiary/aromatic N) is 2. The fourth-order valence-electron chi connectivity index (χ4n) is 2.01. The van der Waals surface area contributed by atoms with Gasteiger partial charge in [-0.1, -0.05) is 0 Å². The second kappa shape index (κ2) is 5.60. The maximum Gasteiger partial charge on any atom is 0.273 e. The molecule has 4 nitrogen and oxygen atoms in total. The number of carbonyl (C=O) groups is 1. The lowest BCUT2D eigenvalue weighted by atomic mass is 10.1. The van der Waals surface area contributed by atoms with Gasteiger partial charge in [-0.3, -0.25) is 4.79 Å². The number of carbonyl (C=O) groups excluding carboxylic acids is 1. The summed E-state index contributed by atoms with van der Waals surface area (Å²) in [5.74, 6) is -0.0285. The van der Waals surface area contributed by atoms with Crippen LogP contribution in [0, 0.1) is 0 Å². The summed E-state index contributed by atoms with van der Waals surface area (Å²) < 4.78 is 6.05. The Kier molecular flexibility index (Phi) is 4.12. The predicted molar refractivity (Wildman–Crippen MR) is 67.9 cm³/mol. The lowest BCUT2D eigenvalue weighted by Crippen LogP contribution is -2.43. The second-order valence-electron chi connectivity index (χ2n) is 4.08. The van der Waals surface area contributed by atoms with Crippen LogP contribution in [0.5, 0.6) is 0 Å². The van der Waals surface area contributed by atoms with E-state index in [0.29, 0.717) is 12.2 Å². The molecule has 1 unspecified atom stereocenters. The van der Waals surface area contributed by atoms with Gasteiger partial charge in [0.1, 0.15) is 5.69 Å². The first kappa shape index (κ1) is 12.5. The van der Waals surface area contributed by atoms with Crippen molar-refractivity contribution in [3.05, 3.63) is 28.5 Å². The van der Waals surface area contributed by atoms with E-state index in [4.69, 9.17) is 4.74 Å². The molecule has 1 aliphatic heterocycles. The van der Waals surface area contributed by atoms with Gasteiger partial charge >= 0.3 is 0 Å². The summed E-state index contributed by atoms with van der Waals surface area (Å²) in [6.45, 7) is 1.43. The summed E-state index contributed by atoms with van der Waals surface area (Å²) in [6.07, 6.45) is 3.78. The Morgan fingerprint density at radius 1 is 1.65 bits per heavy atom. The van der Waals surface area contributed by atoms with Gasteiger partial charge in [0.25, 0.3) is 5.91 Å². The molecule has 0 N–H and O–H groups in total. The molecule has 1 atom stereocenters. The first-order valence-electron chi connectivity index (χ1n) is 5.65. The molecule has 92 valence electrons. The minimum atomic E-state index is -0.0285. The fraction of sp³-hybridized carbons (Fsp3) is 0.500. The van der Waals surface area contributed by atoms with Gasteiger partial charge in [0.2, 0.25) is 0 Å². The van der Waals surface area contributed by atoms with Crippen molar-refractivity contribution in [2.45, 2.75) is 18.9 Å². The Balaban J connectivity index is 2.12. The van der Waals surface area contributed by atoms with Crippen molar-refractivity contribution in [3.8, 4) is 0 Å². The van der Waals surface area contributed by atoms with Crippen molar-refractivity contribution in [3.63, 3.8) is 0 Å². The first-order valence-corrected chi connectivity index (χ1v) is 6.44. The monoisotopic (exact) mass is 298 g/mol.